The Morgan fingerprint density at radius 2 is 0.432 bits per heavy atom. The third-order valence-electron chi connectivity index (χ3n) is 22.7. The molecule has 0 saturated heterocycles. The molecule has 0 bridgehead atoms. The number of ether oxygens (including phenoxy) is 4. The SMILES string of the molecule is CCC(C)CCCCCCCCCCCCCCCCCCCCC(=O)O[C@H](COC(=O)CCCCCCCCCCCCCCCCC(C)CC)COP(=O)(O)OC[C@@H](O)COP(=O)(O)OC[C@@H](COC(=O)CCCCCCCCC(C)CC)OC(=O)CCCCCCCCCCCCCCCCCCCCC(C)C. The van der Waals surface area contributed by atoms with E-state index in [4.69, 9.17) is 37.0 Å². The van der Waals surface area contributed by atoms with Crippen LogP contribution in [0.15, 0.2) is 0 Å². The minimum absolute atomic E-state index is 0.107. The van der Waals surface area contributed by atoms with Crippen LogP contribution in [0.1, 0.15) is 486 Å². The summed E-state index contributed by atoms with van der Waals surface area (Å²) >= 11 is 0. The number of rotatable bonds is 89. The molecule has 8 atom stereocenters. The zero-order valence-corrected chi connectivity index (χ0v) is 75.4. The van der Waals surface area contributed by atoms with E-state index in [0.29, 0.717) is 25.7 Å². The monoisotopic (exact) mass is 1620 g/mol. The minimum atomic E-state index is -4.97. The van der Waals surface area contributed by atoms with E-state index in [1.807, 2.05) is 0 Å². The van der Waals surface area contributed by atoms with E-state index in [1.54, 1.807) is 0 Å². The van der Waals surface area contributed by atoms with Gasteiger partial charge in [-0.3, -0.25) is 37.3 Å². The van der Waals surface area contributed by atoms with E-state index in [1.165, 1.54) is 283 Å². The van der Waals surface area contributed by atoms with Crippen molar-refractivity contribution in [2.24, 2.45) is 23.7 Å². The smallest absolute Gasteiger partial charge is 0.462 e. The molecule has 0 aliphatic heterocycles. The number of hydrogen-bond acceptors (Lipinski definition) is 15. The van der Waals surface area contributed by atoms with Gasteiger partial charge in [0.1, 0.15) is 19.3 Å². The summed E-state index contributed by atoms with van der Waals surface area (Å²) in [7, 11) is -9.94. The number of carbonyl (C=O) groups excluding carboxylic acids is 4. The second-order valence-electron chi connectivity index (χ2n) is 34.3. The number of aliphatic hydroxyl groups is 1. The Bertz CT molecular complexity index is 2150. The molecule has 5 unspecified atom stereocenters. The van der Waals surface area contributed by atoms with Gasteiger partial charge in [0, 0.05) is 25.7 Å². The summed E-state index contributed by atoms with van der Waals surface area (Å²) in [6.07, 6.45) is 72.3. The second kappa shape index (κ2) is 80.5. The molecule has 3 N–H and O–H groups in total. The average Bonchev–Trinajstić information content (AvgIpc) is 0.899. The Morgan fingerprint density at radius 1 is 0.252 bits per heavy atom. The third-order valence-corrected chi connectivity index (χ3v) is 24.6. The zero-order chi connectivity index (χ0) is 81.6. The molecule has 111 heavy (non-hydrogen) atoms. The van der Waals surface area contributed by atoms with Crippen molar-refractivity contribution < 1.29 is 80.2 Å². The fourth-order valence-electron chi connectivity index (χ4n) is 14.3. The average molecular weight is 1620 g/mol. The Hall–Kier alpha value is -1.94. The van der Waals surface area contributed by atoms with Crippen molar-refractivity contribution in [1.29, 1.82) is 0 Å². The molecule has 660 valence electrons. The summed E-state index contributed by atoms with van der Waals surface area (Å²) in [5, 5.41) is 10.7. The predicted molar refractivity (Wildman–Crippen MR) is 460 cm³/mol. The van der Waals surface area contributed by atoms with Crippen molar-refractivity contribution in [2.75, 3.05) is 39.6 Å². The van der Waals surface area contributed by atoms with Crippen molar-refractivity contribution >= 4 is 39.5 Å². The molecule has 19 heteroatoms. The van der Waals surface area contributed by atoms with Crippen molar-refractivity contribution in [3.05, 3.63) is 0 Å². The van der Waals surface area contributed by atoms with Crippen LogP contribution in [0.3, 0.4) is 0 Å². The van der Waals surface area contributed by atoms with Gasteiger partial charge < -0.3 is 33.8 Å². The number of hydrogen-bond donors (Lipinski definition) is 3. The zero-order valence-electron chi connectivity index (χ0n) is 73.6. The van der Waals surface area contributed by atoms with Gasteiger partial charge in [0.25, 0.3) is 0 Å². The third kappa shape index (κ3) is 81.6. The van der Waals surface area contributed by atoms with Crippen LogP contribution in [-0.2, 0) is 65.4 Å². The highest BCUT2D eigenvalue weighted by Crippen LogP contribution is 2.45. The van der Waals surface area contributed by atoms with Gasteiger partial charge in [-0.25, -0.2) is 9.13 Å². The summed E-state index contributed by atoms with van der Waals surface area (Å²) < 4.78 is 69.1. The van der Waals surface area contributed by atoms with Crippen LogP contribution in [-0.4, -0.2) is 96.7 Å². The van der Waals surface area contributed by atoms with E-state index in [9.17, 15) is 43.2 Å². The fraction of sp³-hybridized carbons (Fsp3) is 0.957. The van der Waals surface area contributed by atoms with Gasteiger partial charge in [0.2, 0.25) is 0 Å². The van der Waals surface area contributed by atoms with Crippen LogP contribution in [0.4, 0.5) is 0 Å². The van der Waals surface area contributed by atoms with Crippen LogP contribution >= 0.6 is 15.6 Å². The molecule has 0 amide bonds. The number of aliphatic hydroxyl groups excluding tert-OH is 1. The van der Waals surface area contributed by atoms with Gasteiger partial charge in [0.05, 0.1) is 26.4 Å². The Labute approximate surface area is 683 Å². The van der Waals surface area contributed by atoms with E-state index >= 15 is 0 Å². The Morgan fingerprint density at radius 3 is 0.640 bits per heavy atom. The quantitative estimate of drug-likeness (QED) is 0.0222. The van der Waals surface area contributed by atoms with Crippen LogP contribution in [0.5, 0.6) is 0 Å². The van der Waals surface area contributed by atoms with E-state index in [2.05, 4.69) is 55.4 Å². The lowest BCUT2D eigenvalue weighted by atomic mass is 9.99. The highest BCUT2D eigenvalue weighted by atomic mass is 31.2. The first-order valence-corrected chi connectivity index (χ1v) is 50.3. The van der Waals surface area contributed by atoms with Crippen molar-refractivity contribution in [2.45, 2.75) is 504 Å². The molecule has 0 rings (SSSR count). The van der Waals surface area contributed by atoms with Crippen LogP contribution in [0.25, 0.3) is 0 Å². The molecule has 0 aromatic carbocycles. The van der Waals surface area contributed by atoms with Crippen LogP contribution in [0, 0.1) is 23.7 Å². The lowest BCUT2D eigenvalue weighted by Gasteiger charge is -2.21. The molecule has 0 saturated carbocycles. The molecule has 17 nitrogen and oxygen atoms in total. The van der Waals surface area contributed by atoms with Gasteiger partial charge in [-0.1, -0.05) is 434 Å². The largest absolute Gasteiger partial charge is 0.472 e. The number of carbonyl (C=O) groups is 4. The summed E-state index contributed by atoms with van der Waals surface area (Å²) in [4.78, 5) is 73.4. The first kappa shape index (κ1) is 109. The van der Waals surface area contributed by atoms with E-state index in [0.717, 1.165) is 120 Å². The fourth-order valence-corrected chi connectivity index (χ4v) is 15.9. The standard InChI is InChI=1S/C92H180O17P2/c1-9-83(6)69-61-53-45-39-33-27-21-17-13-15-19-23-31-37-43-49-58-66-74-91(96)108-87(78-102-89(94)72-64-56-47-41-35-29-25-24-28-34-40-46-54-62-70-84(7)10-2)80-106-110(98,99)104-76-86(93)77-105-111(100,101)107-81-88(79-103-90(95)73-65-57-51-50-55-63-71-85(8)11-3)109-92(97)75-67-59-48-42-36-30-22-18-14-12-16-20-26-32-38-44-52-60-68-82(4)5/h82-88,93H,9-81H2,1-8H3,(H,98,99)(H,100,101)/t83?,84?,85?,86-,87-,88-/m1/s1. The summed E-state index contributed by atoms with van der Waals surface area (Å²) in [5.41, 5.74) is 0. The predicted octanol–water partition coefficient (Wildman–Crippen LogP) is 28.3. The van der Waals surface area contributed by atoms with Crippen molar-refractivity contribution in [3.8, 4) is 0 Å². The summed E-state index contributed by atoms with van der Waals surface area (Å²) in [5.74, 6) is 1.17. The Kier molecular flexibility index (Phi) is 79.1. The first-order valence-electron chi connectivity index (χ1n) is 47.3. The molecule has 0 fully saturated rings. The van der Waals surface area contributed by atoms with Crippen LogP contribution < -0.4 is 0 Å². The molecule has 0 aromatic heterocycles. The molecule has 0 radical (unpaired) electrons. The molecule has 0 heterocycles. The molecule has 0 aliphatic carbocycles. The maximum absolute atomic E-state index is 13.2. The first-order chi connectivity index (χ1) is 53.7. The van der Waals surface area contributed by atoms with Gasteiger partial charge >= 0.3 is 39.5 Å². The van der Waals surface area contributed by atoms with Gasteiger partial charge in [0.15, 0.2) is 12.2 Å². The molecular formula is C92H180O17P2. The van der Waals surface area contributed by atoms with E-state index < -0.39 is 97.5 Å². The lowest BCUT2D eigenvalue weighted by Crippen LogP contribution is -2.30. The molecule has 0 aliphatic rings. The highest BCUT2D eigenvalue weighted by molar-refractivity contribution is 7.47. The minimum Gasteiger partial charge on any atom is -0.462 e. The number of unbranched alkanes of at least 4 members (excludes halogenated alkanes) is 52. The lowest BCUT2D eigenvalue weighted by molar-refractivity contribution is -0.161. The molecular weight excluding hydrogens is 1440 g/mol. The number of phosphoric acid groups is 2. The highest BCUT2D eigenvalue weighted by Gasteiger charge is 2.31. The van der Waals surface area contributed by atoms with Crippen molar-refractivity contribution in [1.82, 2.24) is 0 Å². The summed E-state index contributed by atoms with van der Waals surface area (Å²) in [6.45, 7) is 14.4. The number of phosphoric ester groups is 2. The normalized spacial score (nSPS) is 14.6. The van der Waals surface area contributed by atoms with Gasteiger partial charge in [-0.05, 0) is 49.4 Å². The van der Waals surface area contributed by atoms with Gasteiger partial charge in [-0.15, -0.1) is 0 Å². The number of esters is 4. The molecule has 0 aromatic rings. The van der Waals surface area contributed by atoms with Crippen LogP contribution in [0.2, 0.25) is 0 Å². The molecule has 0 spiro atoms. The Balaban J connectivity index is 5.22. The maximum Gasteiger partial charge on any atom is 0.472 e. The van der Waals surface area contributed by atoms with E-state index in [-0.39, 0.29) is 25.7 Å². The summed E-state index contributed by atoms with van der Waals surface area (Å²) in [6, 6.07) is 0. The van der Waals surface area contributed by atoms with Gasteiger partial charge in [-0.2, -0.15) is 0 Å². The second-order valence-corrected chi connectivity index (χ2v) is 37.2. The topological polar surface area (TPSA) is 237 Å². The van der Waals surface area contributed by atoms with Crippen molar-refractivity contribution in [3.63, 3.8) is 0 Å². The maximum atomic E-state index is 13.2.